The van der Waals surface area contributed by atoms with E-state index in [2.05, 4.69) is 13.1 Å². The largest absolute Gasteiger partial charge is 0.486 e. The molecular weight excluding hydrogens is 354 g/mol. The minimum atomic E-state index is -0.847. The first-order valence-electron chi connectivity index (χ1n) is 11.1. The van der Waals surface area contributed by atoms with Gasteiger partial charge in [-0.1, -0.05) is 18.6 Å². The molecule has 0 amide bonds. The van der Waals surface area contributed by atoms with Gasteiger partial charge in [0.25, 0.3) is 0 Å². The van der Waals surface area contributed by atoms with Gasteiger partial charge in [-0.2, -0.15) is 0 Å². The highest BCUT2D eigenvalue weighted by atomic mass is 16.5. The van der Waals surface area contributed by atoms with Gasteiger partial charge < -0.3 is 24.5 Å². The third kappa shape index (κ3) is 1.88. The summed E-state index contributed by atoms with van der Waals surface area (Å²) in [6.07, 6.45) is 5.98. The predicted octanol–water partition coefficient (Wildman–Crippen LogP) is 1.64. The quantitative estimate of drug-likeness (QED) is 0.691. The van der Waals surface area contributed by atoms with Gasteiger partial charge in [0.05, 0.1) is 38.3 Å². The topological polar surface area (TPSA) is 69.9 Å². The Hall–Kier alpha value is -1.14. The van der Waals surface area contributed by atoms with Crippen LogP contribution in [0.1, 0.15) is 55.2 Å². The summed E-state index contributed by atoms with van der Waals surface area (Å²) in [6, 6.07) is 4.27. The number of piperidine rings is 1. The minimum absolute atomic E-state index is 0.0706. The van der Waals surface area contributed by atoms with E-state index in [0.29, 0.717) is 12.8 Å². The highest BCUT2D eigenvalue weighted by molar-refractivity contribution is 5.60. The van der Waals surface area contributed by atoms with Crippen LogP contribution in [0.2, 0.25) is 0 Å². The molecule has 2 saturated carbocycles. The molecule has 3 unspecified atom stereocenters. The number of nitrogens with zero attached hydrogens (tertiary/aromatic N) is 1. The maximum Gasteiger partial charge on any atom is 0.137 e. The molecule has 2 heterocycles. The Kier molecular flexibility index (Phi) is 3.48. The zero-order valence-corrected chi connectivity index (χ0v) is 16.7. The second-order valence-electron chi connectivity index (χ2n) is 10.4. The van der Waals surface area contributed by atoms with Gasteiger partial charge in [0.1, 0.15) is 23.5 Å². The van der Waals surface area contributed by atoms with E-state index in [-0.39, 0.29) is 12.6 Å². The molecule has 1 saturated heterocycles. The summed E-state index contributed by atoms with van der Waals surface area (Å²) in [5, 5.41) is 33.1. The molecule has 0 radical (unpaired) electrons. The second-order valence-corrected chi connectivity index (χ2v) is 10.4. The molecule has 0 aromatic heterocycles. The summed E-state index contributed by atoms with van der Waals surface area (Å²) in [6.45, 7) is 2.12. The number of aliphatic hydroxyl groups excluding tert-OH is 2. The van der Waals surface area contributed by atoms with Gasteiger partial charge in [-0.25, -0.2) is 0 Å². The molecule has 28 heavy (non-hydrogen) atoms. The number of hydrogen-bond acceptors (Lipinski definition) is 4. The molecule has 2 aliphatic heterocycles. The van der Waals surface area contributed by atoms with Crippen molar-refractivity contribution in [2.24, 2.45) is 5.92 Å². The van der Waals surface area contributed by atoms with E-state index in [0.717, 1.165) is 53.2 Å². The molecule has 5 nitrogen and oxygen atoms in total. The average molecular weight is 387 g/mol. The number of aliphatic hydroxyl groups is 3. The van der Waals surface area contributed by atoms with E-state index < -0.39 is 23.2 Å². The maximum absolute atomic E-state index is 12.4. The third-order valence-electron chi connectivity index (χ3n) is 9.25. The fourth-order valence-corrected chi connectivity index (χ4v) is 7.70. The van der Waals surface area contributed by atoms with Gasteiger partial charge in [0, 0.05) is 29.9 Å². The smallest absolute Gasteiger partial charge is 0.137 e. The second kappa shape index (κ2) is 5.51. The van der Waals surface area contributed by atoms with Crippen molar-refractivity contribution in [2.45, 2.75) is 80.8 Å². The predicted molar refractivity (Wildman–Crippen MR) is 104 cm³/mol. The van der Waals surface area contributed by atoms with E-state index >= 15 is 0 Å². The van der Waals surface area contributed by atoms with Gasteiger partial charge >= 0.3 is 0 Å². The number of ether oxygens (including phenoxy) is 1. The van der Waals surface area contributed by atoms with Crippen molar-refractivity contribution >= 4 is 0 Å². The molecule has 2 bridgehead atoms. The van der Waals surface area contributed by atoms with Crippen LogP contribution in [0.3, 0.4) is 0 Å². The van der Waals surface area contributed by atoms with Crippen LogP contribution in [0.5, 0.6) is 5.75 Å². The van der Waals surface area contributed by atoms with Crippen molar-refractivity contribution in [3.05, 3.63) is 28.8 Å². The van der Waals surface area contributed by atoms with Crippen LogP contribution in [0.25, 0.3) is 0 Å². The van der Waals surface area contributed by atoms with E-state index in [1.807, 2.05) is 6.07 Å². The zero-order chi connectivity index (χ0) is 19.3. The van der Waals surface area contributed by atoms with Crippen molar-refractivity contribution in [3.63, 3.8) is 0 Å². The Balaban J connectivity index is 1.55. The van der Waals surface area contributed by atoms with Gasteiger partial charge in [0.15, 0.2) is 0 Å². The molecule has 3 fully saturated rings. The lowest BCUT2D eigenvalue weighted by Gasteiger charge is -2.65. The van der Waals surface area contributed by atoms with Crippen molar-refractivity contribution in [1.82, 2.24) is 0 Å². The highest BCUT2D eigenvalue weighted by Crippen LogP contribution is 2.65. The standard InChI is InChI=1S/C23H32NO4/c1-24(12-14-3-2-4-14)10-9-22-19-15-5-6-16(13-25)20(19)28-21(22)17(26)7-8-23(22,27)18(24)11-15/h5-6,14,17-18,21,25-27H,2-4,7-13H2,1H3/q+1/t17-,18?,21?,22-,23?,24-/m1/s1. The molecule has 5 aliphatic rings. The van der Waals surface area contributed by atoms with Crippen LogP contribution < -0.4 is 4.74 Å². The lowest BCUT2D eigenvalue weighted by atomic mass is 9.48. The number of quaternary nitrogens is 1. The number of rotatable bonds is 3. The van der Waals surface area contributed by atoms with Crippen LogP contribution in [-0.2, 0) is 18.4 Å². The van der Waals surface area contributed by atoms with Crippen molar-refractivity contribution < 1.29 is 24.5 Å². The number of likely N-dealkylation sites (N-methyl/N-ethyl adjacent to an activating group) is 1. The first-order chi connectivity index (χ1) is 13.4. The molecule has 1 aromatic carbocycles. The van der Waals surface area contributed by atoms with E-state index in [1.165, 1.54) is 24.8 Å². The monoisotopic (exact) mass is 386 g/mol. The van der Waals surface area contributed by atoms with Crippen LogP contribution in [0, 0.1) is 5.92 Å². The summed E-state index contributed by atoms with van der Waals surface area (Å²) in [7, 11) is 2.36. The SMILES string of the molecule is C[N@+]1(CC2CCC2)CC[C@@]23c4c5ccc(CO)c4OC2[C@H](O)CCC3(O)C1C5. The number of hydrogen-bond donors (Lipinski definition) is 3. The van der Waals surface area contributed by atoms with Crippen LogP contribution in [0.4, 0.5) is 0 Å². The summed E-state index contributed by atoms with van der Waals surface area (Å²) < 4.78 is 7.33. The third-order valence-corrected chi connectivity index (χ3v) is 9.25. The molecule has 1 spiro atoms. The first-order valence-corrected chi connectivity index (χ1v) is 11.1. The zero-order valence-electron chi connectivity index (χ0n) is 16.7. The van der Waals surface area contributed by atoms with Crippen molar-refractivity contribution in [2.75, 3.05) is 20.1 Å². The van der Waals surface area contributed by atoms with Crippen LogP contribution >= 0.6 is 0 Å². The molecule has 3 aliphatic carbocycles. The van der Waals surface area contributed by atoms with Crippen LogP contribution in [-0.4, -0.2) is 63.8 Å². The molecule has 6 atom stereocenters. The summed E-state index contributed by atoms with van der Waals surface area (Å²) in [5.74, 6) is 1.54. The van der Waals surface area contributed by atoms with Crippen molar-refractivity contribution in [1.29, 1.82) is 0 Å². The Labute approximate surface area is 166 Å². The van der Waals surface area contributed by atoms with E-state index in [9.17, 15) is 15.3 Å². The highest BCUT2D eigenvalue weighted by Gasteiger charge is 2.76. The number of benzene rings is 1. The van der Waals surface area contributed by atoms with Gasteiger partial charge in [-0.15, -0.1) is 0 Å². The average Bonchev–Trinajstić information content (AvgIpc) is 3.01. The van der Waals surface area contributed by atoms with E-state index in [4.69, 9.17) is 4.74 Å². The van der Waals surface area contributed by atoms with E-state index in [1.54, 1.807) is 0 Å². The summed E-state index contributed by atoms with van der Waals surface area (Å²) >= 11 is 0. The molecule has 5 heteroatoms. The summed E-state index contributed by atoms with van der Waals surface area (Å²) in [4.78, 5) is 0. The molecule has 3 N–H and O–H groups in total. The van der Waals surface area contributed by atoms with Crippen molar-refractivity contribution in [3.8, 4) is 5.75 Å². The molecule has 6 rings (SSSR count). The first kappa shape index (κ1) is 17.7. The molecular formula is C23H32NO4+. The Morgan fingerprint density at radius 3 is 2.75 bits per heavy atom. The van der Waals surface area contributed by atoms with Gasteiger partial charge in [-0.05, 0) is 31.2 Å². The lowest BCUT2D eigenvalue weighted by Crippen LogP contribution is -2.81. The fourth-order valence-electron chi connectivity index (χ4n) is 7.70. The lowest BCUT2D eigenvalue weighted by molar-refractivity contribution is -0.952. The van der Waals surface area contributed by atoms with Gasteiger partial charge in [0.2, 0.25) is 0 Å². The van der Waals surface area contributed by atoms with Crippen LogP contribution in [0.15, 0.2) is 12.1 Å². The summed E-state index contributed by atoms with van der Waals surface area (Å²) in [5.41, 5.74) is 1.78. The Morgan fingerprint density at radius 1 is 1.21 bits per heavy atom. The molecule has 1 aromatic rings. The minimum Gasteiger partial charge on any atom is -0.486 e. The fraction of sp³-hybridized carbons (Fsp3) is 0.739. The van der Waals surface area contributed by atoms with Gasteiger partial charge in [-0.3, -0.25) is 0 Å². The molecule has 152 valence electrons. The Bertz CT molecular complexity index is 838. The number of likely N-dealkylation sites (tertiary alicyclic amines) is 1. The normalized spacial score (nSPS) is 45.9. The maximum atomic E-state index is 12.4. The Morgan fingerprint density at radius 2 is 2.04 bits per heavy atom.